The first-order valence-corrected chi connectivity index (χ1v) is 15.8. The molecule has 0 saturated carbocycles. The standard InChI is InChI=1S/C27H50N2O7S2/c1-7-8-16-32-21-22-33-20-15-29-26(31)36-19-13-27(5,6)38-37-24(4)34-17-9-10-18-35-25(30)28-14-11-12-23(2)3/h23-24H,7-10,13-22H2,1-6H3,(H,28,30)(H,29,31). The van der Waals surface area contributed by atoms with Crippen LogP contribution in [-0.4, -0.2) is 81.7 Å². The Morgan fingerprint density at radius 2 is 1.50 bits per heavy atom. The Balaban J connectivity index is 3.68. The van der Waals surface area contributed by atoms with E-state index in [1.165, 1.54) is 0 Å². The minimum Gasteiger partial charge on any atom is -0.450 e. The molecule has 0 spiro atoms. The van der Waals surface area contributed by atoms with Crippen LogP contribution in [0.3, 0.4) is 0 Å². The van der Waals surface area contributed by atoms with E-state index in [0.717, 1.165) is 38.7 Å². The first-order chi connectivity index (χ1) is 18.2. The van der Waals surface area contributed by atoms with Crippen LogP contribution in [0.4, 0.5) is 9.59 Å². The summed E-state index contributed by atoms with van der Waals surface area (Å²) in [7, 11) is 3.37. The Morgan fingerprint density at radius 3 is 2.21 bits per heavy atom. The van der Waals surface area contributed by atoms with Gasteiger partial charge in [-0.25, -0.2) is 9.59 Å². The zero-order chi connectivity index (χ0) is 28.5. The highest BCUT2D eigenvalue weighted by molar-refractivity contribution is 8.77. The van der Waals surface area contributed by atoms with E-state index in [-0.39, 0.29) is 16.1 Å². The average molecular weight is 579 g/mol. The number of ether oxygens (including phenoxy) is 5. The molecule has 0 aromatic rings. The van der Waals surface area contributed by atoms with Crippen molar-refractivity contribution < 1.29 is 33.3 Å². The fourth-order valence-electron chi connectivity index (χ4n) is 2.54. The number of carbonyl (C=O) groups excluding carboxylic acids is 2. The Hall–Kier alpha value is -1.32. The van der Waals surface area contributed by atoms with Gasteiger partial charge >= 0.3 is 12.2 Å². The molecule has 0 aromatic heterocycles. The van der Waals surface area contributed by atoms with Gasteiger partial charge in [0.05, 0.1) is 39.6 Å². The summed E-state index contributed by atoms with van der Waals surface area (Å²) in [5.74, 6) is 6.14. The van der Waals surface area contributed by atoms with Gasteiger partial charge in [0.15, 0.2) is 0 Å². The van der Waals surface area contributed by atoms with Crippen LogP contribution in [0.25, 0.3) is 0 Å². The lowest BCUT2D eigenvalue weighted by molar-refractivity contribution is 0.0472. The number of rotatable bonds is 22. The van der Waals surface area contributed by atoms with Gasteiger partial charge in [0.25, 0.3) is 0 Å². The van der Waals surface area contributed by atoms with Gasteiger partial charge in [-0.15, -0.1) is 0 Å². The molecule has 0 bridgehead atoms. The van der Waals surface area contributed by atoms with Crippen molar-refractivity contribution in [2.75, 3.05) is 59.3 Å². The third-order valence-electron chi connectivity index (χ3n) is 4.71. The summed E-state index contributed by atoms with van der Waals surface area (Å²) in [6.07, 6.45) is 3.57. The number of hydrogen-bond acceptors (Lipinski definition) is 9. The normalized spacial score (nSPS) is 12.0. The lowest BCUT2D eigenvalue weighted by Gasteiger charge is -2.24. The molecule has 0 aliphatic rings. The molecule has 0 fully saturated rings. The van der Waals surface area contributed by atoms with Crippen molar-refractivity contribution in [1.82, 2.24) is 10.6 Å². The molecule has 222 valence electrons. The molecule has 0 rings (SSSR count). The first kappa shape index (κ1) is 36.7. The van der Waals surface area contributed by atoms with E-state index in [1.807, 2.05) is 20.8 Å². The highest BCUT2D eigenvalue weighted by Crippen LogP contribution is 2.40. The van der Waals surface area contributed by atoms with E-state index in [9.17, 15) is 9.59 Å². The van der Waals surface area contributed by atoms with Crippen LogP contribution in [0.1, 0.15) is 73.6 Å². The summed E-state index contributed by atoms with van der Waals surface area (Å²) < 4.78 is 27.0. The van der Waals surface area contributed by atoms with Gasteiger partial charge in [0, 0.05) is 30.4 Å². The highest BCUT2D eigenvalue weighted by Gasteiger charge is 2.21. The van der Waals surface area contributed by atoms with Gasteiger partial charge < -0.3 is 34.3 Å². The smallest absolute Gasteiger partial charge is 0.407 e. The Labute approximate surface area is 238 Å². The van der Waals surface area contributed by atoms with Gasteiger partial charge in [0.2, 0.25) is 0 Å². The molecule has 11 heteroatoms. The molecule has 0 aliphatic carbocycles. The monoisotopic (exact) mass is 578 g/mol. The average Bonchev–Trinajstić information content (AvgIpc) is 2.86. The summed E-state index contributed by atoms with van der Waals surface area (Å²) in [5, 5.41) is 5.30. The molecule has 2 amide bonds. The zero-order valence-electron chi connectivity index (χ0n) is 24.2. The van der Waals surface area contributed by atoms with Crippen LogP contribution in [0.5, 0.6) is 0 Å². The molecule has 0 aromatic carbocycles. The first-order valence-electron chi connectivity index (χ1n) is 13.6. The van der Waals surface area contributed by atoms with E-state index in [1.54, 1.807) is 21.6 Å². The van der Waals surface area contributed by atoms with Crippen molar-refractivity contribution in [1.29, 1.82) is 0 Å². The van der Waals surface area contributed by atoms with Crippen molar-refractivity contribution in [3.63, 3.8) is 0 Å². The number of nitrogens with one attached hydrogen (secondary N) is 2. The van der Waals surface area contributed by atoms with Gasteiger partial charge in [-0.2, -0.15) is 0 Å². The molecule has 1 atom stereocenters. The summed E-state index contributed by atoms with van der Waals surface area (Å²) >= 11 is 0. The Morgan fingerprint density at radius 1 is 0.842 bits per heavy atom. The van der Waals surface area contributed by atoms with E-state index >= 15 is 0 Å². The summed E-state index contributed by atoms with van der Waals surface area (Å²) in [4.78, 5) is 23.4. The summed E-state index contributed by atoms with van der Waals surface area (Å²) in [6, 6.07) is 0. The van der Waals surface area contributed by atoms with Crippen molar-refractivity contribution in [2.45, 2.75) is 83.8 Å². The molecule has 38 heavy (non-hydrogen) atoms. The van der Waals surface area contributed by atoms with Gasteiger partial charge in [-0.3, -0.25) is 0 Å². The van der Waals surface area contributed by atoms with Crippen LogP contribution >= 0.6 is 21.6 Å². The van der Waals surface area contributed by atoms with Crippen molar-refractivity contribution in [3.05, 3.63) is 0 Å². The minimum atomic E-state index is -0.443. The number of alkyl carbamates (subject to hydrolysis) is 2. The SMILES string of the molecule is CCCCOCCOCCNC(=O)OCCC(C)(C)SSC(C)OCCCCOC(=O)NCC#CC(C)C. The third-order valence-corrected chi connectivity index (χ3v) is 8.33. The van der Waals surface area contributed by atoms with Gasteiger partial charge in [0.1, 0.15) is 5.44 Å². The van der Waals surface area contributed by atoms with Crippen LogP contribution < -0.4 is 10.6 Å². The van der Waals surface area contributed by atoms with Crippen molar-refractivity contribution >= 4 is 33.8 Å². The second-order valence-electron chi connectivity index (χ2n) is 9.44. The van der Waals surface area contributed by atoms with Crippen molar-refractivity contribution in [3.8, 4) is 11.8 Å². The largest absolute Gasteiger partial charge is 0.450 e. The molecule has 0 radical (unpaired) electrons. The fraction of sp³-hybridized carbons (Fsp3) is 0.852. The number of unbranched alkanes of at least 4 members (excludes halogenated alkanes) is 2. The maximum atomic E-state index is 11.8. The zero-order valence-corrected chi connectivity index (χ0v) is 25.9. The molecule has 9 nitrogen and oxygen atoms in total. The van der Waals surface area contributed by atoms with E-state index in [2.05, 4.69) is 43.2 Å². The maximum absolute atomic E-state index is 11.8. The molecular weight excluding hydrogens is 528 g/mol. The fourth-order valence-corrected chi connectivity index (χ4v) is 4.86. The number of amides is 2. The van der Waals surface area contributed by atoms with Crippen LogP contribution in [-0.2, 0) is 23.7 Å². The predicted molar refractivity (Wildman–Crippen MR) is 156 cm³/mol. The van der Waals surface area contributed by atoms with Gasteiger partial charge in [-0.1, -0.05) is 60.6 Å². The third kappa shape index (κ3) is 26.3. The minimum absolute atomic E-state index is 0.0179. The topological polar surface area (TPSA) is 104 Å². The molecule has 2 N–H and O–H groups in total. The van der Waals surface area contributed by atoms with Crippen LogP contribution in [0.2, 0.25) is 0 Å². The number of hydrogen-bond donors (Lipinski definition) is 2. The summed E-state index contributed by atoms with van der Waals surface area (Å²) in [5.41, 5.74) is 0.0179. The van der Waals surface area contributed by atoms with E-state index in [0.29, 0.717) is 52.7 Å². The molecule has 0 heterocycles. The van der Waals surface area contributed by atoms with E-state index < -0.39 is 12.2 Å². The molecule has 1 unspecified atom stereocenters. The van der Waals surface area contributed by atoms with Gasteiger partial charge in [-0.05, 0) is 46.5 Å². The second-order valence-corrected chi connectivity index (χ2v) is 12.6. The predicted octanol–water partition coefficient (Wildman–Crippen LogP) is 5.62. The molecule has 0 aliphatic heterocycles. The molecule has 0 saturated heterocycles. The maximum Gasteiger partial charge on any atom is 0.407 e. The summed E-state index contributed by atoms with van der Waals surface area (Å²) in [6.45, 7) is 16.6. The van der Waals surface area contributed by atoms with E-state index in [4.69, 9.17) is 23.7 Å². The highest BCUT2D eigenvalue weighted by atomic mass is 33.1. The quantitative estimate of drug-likeness (QED) is 0.0732. The van der Waals surface area contributed by atoms with Crippen LogP contribution in [0, 0.1) is 17.8 Å². The van der Waals surface area contributed by atoms with Crippen LogP contribution in [0.15, 0.2) is 0 Å². The number of carbonyl (C=O) groups is 2. The van der Waals surface area contributed by atoms with Crippen molar-refractivity contribution in [2.24, 2.45) is 5.92 Å². The lowest BCUT2D eigenvalue weighted by atomic mass is 10.1. The Kier molecular flexibility index (Phi) is 23.8. The molecular formula is C27H50N2O7S2. The Bertz CT molecular complexity index is 670. The second kappa shape index (κ2) is 24.7. The lowest BCUT2D eigenvalue weighted by Crippen LogP contribution is -2.29.